The first kappa shape index (κ1) is 9.80. The van der Waals surface area contributed by atoms with Gasteiger partial charge in [0.2, 0.25) is 0 Å². The third-order valence-corrected chi connectivity index (χ3v) is 2.87. The van der Waals surface area contributed by atoms with E-state index in [2.05, 4.69) is 31.4 Å². The molecule has 0 amide bonds. The fourth-order valence-electron chi connectivity index (χ4n) is 1.18. The summed E-state index contributed by atoms with van der Waals surface area (Å²) in [6.07, 6.45) is 2.20. The fourth-order valence-corrected chi connectivity index (χ4v) is 1.72. The third kappa shape index (κ3) is 2.91. The third-order valence-electron chi connectivity index (χ3n) is 1.90. The van der Waals surface area contributed by atoms with Gasteiger partial charge in [-0.15, -0.1) is 0 Å². The van der Waals surface area contributed by atoms with Crippen LogP contribution in [0.4, 0.5) is 0 Å². The summed E-state index contributed by atoms with van der Waals surface area (Å²) < 4.78 is 5.09. The van der Waals surface area contributed by atoms with Gasteiger partial charge < -0.3 is 4.74 Å². The topological polar surface area (TPSA) is 9.23 Å². The number of ether oxygens (including phenoxy) is 1. The normalized spacial score (nSPS) is 9.54. The second-order valence-corrected chi connectivity index (χ2v) is 4.00. The minimum absolute atomic E-state index is 0.748. The molecule has 1 aromatic rings. The van der Waals surface area contributed by atoms with Crippen molar-refractivity contribution >= 4 is 15.4 Å². The Morgan fingerprint density at radius 1 is 1.46 bits per heavy atom. The second-order valence-electron chi connectivity index (χ2n) is 2.93. The van der Waals surface area contributed by atoms with Crippen molar-refractivity contribution in [3.8, 4) is 0 Å². The van der Waals surface area contributed by atoms with Gasteiger partial charge in [-0.25, -0.2) is 0 Å². The van der Waals surface area contributed by atoms with E-state index in [0.717, 1.165) is 22.4 Å². The van der Waals surface area contributed by atoms with Crippen LogP contribution in [0.15, 0.2) is 49.4 Å². The van der Waals surface area contributed by atoms with Crippen LogP contribution in [0.5, 0.6) is 0 Å². The van der Waals surface area contributed by atoms with Gasteiger partial charge in [-0.3, -0.25) is 0 Å². The highest BCUT2D eigenvalue weighted by molar-refractivity contribution is 6.33. The van der Waals surface area contributed by atoms with Crippen molar-refractivity contribution in [2.75, 3.05) is 0 Å². The highest BCUT2D eigenvalue weighted by Gasteiger charge is 1.99. The average Bonchev–Trinajstić information content (AvgIpc) is 2.09. The molecule has 0 N–H and O–H groups in total. The Hall–Kier alpha value is -1.28. The van der Waals surface area contributed by atoms with E-state index in [4.69, 9.17) is 4.74 Å². The molecule has 1 aromatic carbocycles. The first-order valence-corrected chi connectivity index (χ1v) is 5.24. The molecule has 0 aliphatic rings. The molecule has 68 valence electrons. The molecule has 13 heavy (non-hydrogen) atoms. The Labute approximate surface area is 82.2 Å². The molecule has 0 unspecified atom stereocenters. The minimum Gasteiger partial charge on any atom is -0.470 e. The standard InChI is InChI=1S/C11H14OSi/c1-3-12-9(2)8-10-6-4-5-7-11(10)13/h3-7H,1-2,8H2,13H3. The van der Waals surface area contributed by atoms with Crippen LogP contribution in [-0.2, 0) is 11.2 Å². The Kier molecular flexibility index (Phi) is 3.52. The predicted octanol–water partition coefficient (Wildman–Crippen LogP) is 0.894. The van der Waals surface area contributed by atoms with Gasteiger partial charge in [0.1, 0.15) is 5.76 Å². The van der Waals surface area contributed by atoms with E-state index in [0.29, 0.717) is 0 Å². The quantitative estimate of drug-likeness (QED) is 0.506. The molecule has 0 heterocycles. The molecule has 0 bridgehead atoms. The first-order valence-electron chi connectivity index (χ1n) is 4.24. The van der Waals surface area contributed by atoms with E-state index in [1.165, 1.54) is 17.0 Å². The summed E-state index contributed by atoms with van der Waals surface area (Å²) in [5, 5.41) is 1.40. The molecule has 0 saturated carbocycles. The monoisotopic (exact) mass is 190 g/mol. The van der Waals surface area contributed by atoms with E-state index in [9.17, 15) is 0 Å². The molecular formula is C11H14OSi. The predicted molar refractivity (Wildman–Crippen MR) is 60.1 cm³/mol. The zero-order valence-electron chi connectivity index (χ0n) is 7.92. The van der Waals surface area contributed by atoms with Gasteiger partial charge in [0.05, 0.1) is 6.26 Å². The van der Waals surface area contributed by atoms with Crippen molar-refractivity contribution < 1.29 is 4.74 Å². The summed E-state index contributed by atoms with van der Waals surface area (Å²) in [6, 6.07) is 8.35. The van der Waals surface area contributed by atoms with Crippen LogP contribution >= 0.6 is 0 Å². The summed E-state index contributed by atoms with van der Waals surface area (Å²) in [6.45, 7) is 7.29. The SMILES string of the molecule is C=COC(=C)Cc1ccccc1[SiH3]. The molecule has 0 fully saturated rings. The van der Waals surface area contributed by atoms with Gasteiger partial charge >= 0.3 is 0 Å². The largest absolute Gasteiger partial charge is 0.470 e. The van der Waals surface area contributed by atoms with Crippen LogP contribution in [0.25, 0.3) is 0 Å². The Morgan fingerprint density at radius 2 is 2.15 bits per heavy atom. The van der Waals surface area contributed by atoms with E-state index in [1.54, 1.807) is 0 Å². The van der Waals surface area contributed by atoms with Crippen LogP contribution in [0.3, 0.4) is 0 Å². The van der Waals surface area contributed by atoms with Crippen molar-refractivity contribution in [2.24, 2.45) is 0 Å². The Bertz CT molecular complexity index is 318. The molecule has 0 radical (unpaired) electrons. The van der Waals surface area contributed by atoms with E-state index in [1.807, 2.05) is 6.07 Å². The summed E-state index contributed by atoms with van der Waals surface area (Å²) in [7, 11) is 1.06. The molecule has 1 nitrogen and oxygen atoms in total. The summed E-state index contributed by atoms with van der Waals surface area (Å²) in [5.74, 6) is 0.748. The lowest BCUT2D eigenvalue weighted by atomic mass is 10.1. The molecule has 0 saturated heterocycles. The molecule has 0 aliphatic carbocycles. The van der Waals surface area contributed by atoms with Crippen molar-refractivity contribution in [3.63, 3.8) is 0 Å². The maximum absolute atomic E-state index is 5.09. The van der Waals surface area contributed by atoms with Crippen molar-refractivity contribution in [2.45, 2.75) is 6.42 Å². The van der Waals surface area contributed by atoms with E-state index >= 15 is 0 Å². The van der Waals surface area contributed by atoms with Crippen molar-refractivity contribution in [1.82, 2.24) is 0 Å². The lowest BCUT2D eigenvalue weighted by Gasteiger charge is -2.06. The number of hydrogen-bond acceptors (Lipinski definition) is 1. The van der Waals surface area contributed by atoms with Gasteiger partial charge in [0, 0.05) is 16.7 Å². The zero-order valence-corrected chi connectivity index (χ0v) is 9.92. The Morgan fingerprint density at radius 3 is 2.77 bits per heavy atom. The van der Waals surface area contributed by atoms with Gasteiger partial charge in [-0.1, -0.05) is 42.6 Å². The van der Waals surface area contributed by atoms with Crippen LogP contribution in [-0.4, -0.2) is 10.2 Å². The molecule has 0 atom stereocenters. The number of benzene rings is 1. The van der Waals surface area contributed by atoms with Gasteiger partial charge in [-0.05, 0) is 5.56 Å². The molecule has 2 heteroatoms. The number of rotatable bonds is 4. The summed E-state index contributed by atoms with van der Waals surface area (Å²) in [4.78, 5) is 0. The number of hydrogen-bond donors (Lipinski definition) is 0. The second kappa shape index (κ2) is 4.67. The van der Waals surface area contributed by atoms with Crippen molar-refractivity contribution in [1.29, 1.82) is 0 Å². The number of allylic oxidation sites excluding steroid dienone is 1. The van der Waals surface area contributed by atoms with Gasteiger partial charge in [0.15, 0.2) is 0 Å². The maximum Gasteiger partial charge on any atom is 0.100 e. The lowest BCUT2D eigenvalue weighted by molar-refractivity contribution is 0.345. The van der Waals surface area contributed by atoms with E-state index < -0.39 is 0 Å². The van der Waals surface area contributed by atoms with Gasteiger partial charge in [0.25, 0.3) is 0 Å². The van der Waals surface area contributed by atoms with Gasteiger partial charge in [-0.2, -0.15) is 0 Å². The van der Waals surface area contributed by atoms with Crippen molar-refractivity contribution in [3.05, 3.63) is 55.0 Å². The van der Waals surface area contributed by atoms with E-state index in [-0.39, 0.29) is 0 Å². The molecular weight excluding hydrogens is 176 g/mol. The maximum atomic E-state index is 5.09. The highest BCUT2D eigenvalue weighted by atomic mass is 28.1. The van der Waals surface area contributed by atoms with Crippen LogP contribution in [0, 0.1) is 0 Å². The minimum atomic E-state index is 0.748. The smallest absolute Gasteiger partial charge is 0.100 e. The fraction of sp³-hybridized carbons (Fsp3) is 0.0909. The Balaban J connectivity index is 2.68. The molecule has 0 spiro atoms. The van der Waals surface area contributed by atoms with Crippen LogP contribution in [0.1, 0.15) is 5.56 Å². The lowest BCUT2D eigenvalue weighted by Crippen LogP contribution is -2.10. The molecule has 0 aliphatic heterocycles. The average molecular weight is 190 g/mol. The zero-order chi connectivity index (χ0) is 9.68. The molecule has 0 aromatic heterocycles. The van der Waals surface area contributed by atoms with Crippen LogP contribution in [0.2, 0.25) is 0 Å². The highest BCUT2D eigenvalue weighted by Crippen LogP contribution is 2.04. The van der Waals surface area contributed by atoms with Crippen LogP contribution < -0.4 is 5.19 Å². The first-order chi connectivity index (χ1) is 6.24. The molecule has 1 rings (SSSR count). The summed E-state index contributed by atoms with van der Waals surface area (Å²) >= 11 is 0. The summed E-state index contributed by atoms with van der Waals surface area (Å²) in [5.41, 5.74) is 1.31.